The number of hydrogen-bond acceptors (Lipinski definition) is 3. The molecule has 0 saturated carbocycles. The Morgan fingerprint density at radius 2 is 1.83 bits per heavy atom. The molecule has 2 unspecified atom stereocenters. The molecule has 0 saturated heterocycles. The molecule has 154 valence electrons. The lowest BCUT2D eigenvalue weighted by Crippen LogP contribution is -2.43. The maximum Gasteiger partial charge on any atom is 0.234 e. The number of rotatable bonds is 4. The molecule has 0 spiro atoms. The molecule has 1 aliphatic heterocycles. The molecule has 2 aromatic carbocycles. The Labute approximate surface area is 185 Å². The van der Waals surface area contributed by atoms with Crippen molar-refractivity contribution in [3.8, 4) is 0 Å². The number of aromatic nitrogens is 2. The van der Waals surface area contributed by atoms with Crippen molar-refractivity contribution in [2.75, 3.05) is 7.05 Å². The number of nitrogens with zero attached hydrogens (tertiary/aromatic N) is 4. The van der Waals surface area contributed by atoms with Crippen LogP contribution in [0.1, 0.15) is 37.1 Å². The van der Waals surface area contributed by atoms with Crippen LogP contribution in [-0.4, -0.2) is 33.3 Å². The number of carbonyl (C=O) groups excluding carboxylic acids is 1. The third-order valence-electron chi connectivity index (χ3n) is 5.73. The van der Waals surface area contributed by atoms with E-state index in [1.54, 1.807) is 27.9 Å². The summed E-state index contributed by atoms with van der Waals surface area (Å²) in [5.41, 5.74) is 2.68. The Bertz CT molecular complexity index is 1110. The fourth-order valence-electron chi connectivity index (χ4n) is 3.94. The molecular formula is C23H22Cl2N4O. The predicted octanol–water partition coefficient (Wildman–Crippen LogP) is 5.72. The first-order valence-corrected chi connectivity index (χ1v) is 10.5. The fraction of sp³-hybridized carbons (Fsp3) is 0.261. The van der Waals surface area contributed by atoms with Crippen LogP contribution >= 0.6 is 23.2 Å². The summed E-state index contributed by atoms with van der Waals surface area (Å²) in [7, 11) is 1.83. The van der Waals surface area contributed by atoms with Crippen LogP contribution in [0.15, 0.2) is 65.8 Å². The van der Waals surface area contributed by atoms with E-state index in [0.717, 1.165) is 16.8 Å². The molecule has 3 atom stereocenters. The monoisotopic (exact) mass is 440 g/mol. The summed E-state index contributed by atoms with van der Waals surface area (Å²) in [6.45, 7) is 3.92. The topological polar surface area (TPSA) is 50.5 Å². The normalized spacial score (nSPS) is 19.0. The van der Waals surface area contributed by atoms with Crippen molar-refractivity contribution >= 4 is 40.6 Å². The van der Waals surface area contributed by atoms with Crippen LogP contribution in [0.3, 0.4) is 0 Å². The summed E-state index contributed by atoms with van der Waals surface area (Å²) in [5.74, 6) is 0.182. The average molecular weight is 441 g/mol. The minimum absolute atomic E-state index is 0.0233. The predicted molar refractivity (Wildman–Crippen MR) is 121 cm³/mol. The number of fused-ring (bicyclic) bond motifs is 1. The van der Waals surface area contributed by atoms with Crippen LogP contribution in [0, 0.1) is 5.92 Å². The summed E-state index contributed by atoms with van der Waals surface area (Å²) < 4.78 is 1.79. The first-order valence-electron chi connectivity index (χ1n) is 9.73. The molecular weight excluding hydrogens is 419 g/mol. The average Bonchev–Trinajstić information content (AvgIpc) is 3.21. The van der Waals surface area contributed by atoms with E-state index >= 15 is 0 Å². The molecule has 0 radical (unpaired) electrons. The Morgan fingerprint density at radius 3 is 2.53 bits per heavy atom. The van der Waals surface area contributed by atoms with E-state index in [1.165, 1.54) is 0 Å². The van der Waals surface area contributed by atoms with Gasteiger partial charge in [0.1, 0.15) is 5.92 Å². The third-order valence-corrected chi connectivity index (χ3v) is 6.47. The minimum atomic E-state index is -0.509. The second kappa shape index (κ2) is 8.25. The number of aliphatic imine (C=N–C) groups is 1. The lowest BCUT2D eigenvalue weighted by atomic mass is 9.86. The Morgan fingerprint density at radius 1 is 1.10 bits per heavy atom. The van der Waals surface area contributed by atoms with Gasteiger partial charge in [-0.15, -0.1) is 0 Å². The van der Waals surface area contributed by atoms with Gasteiger partial charge in [0.25, 0.3) is 0 Å². The Balaban J connectivity index is 1.75. The summed E-state index contributed by atoms with van der Waals surface area (Å²) in [5, 5.41) is 5.38. The molecule has 0 N–H and O–H groups in total. The molecule has 2 heterocycles. The molecule has 4 rings (SSSR count). The van der Waals surface area contributed by atoms with Crippen LogP contribution in [0.2, 0.25) is 10.0 Å². The largest absolute Gasteiger partial charge is 0.338 e. The smallest absolute Gasteiger partial charge is 0.234 e. The number of hydrogen-bond donors (Lipinski definition) is 0. The molecule has 7 heteroatoms. The molecule has 1 aliphatic rings. The van der Waals surface area contributed by atoms with Crippen LogP contribution in [0.4, 0.5) is 5.82 Å². The van der Waals surface area contributed by atoms with E-state index in [2.05, 4.69) is 10.1 Å². The van der Waals surface area contributed by atoms with E-state index in [-0.39, 0.29) is 18.0 Å². The van der Waals surface area contributed by atoms with Gasteiger partial charge in [0.2, 0.25) is 5.91 Å². The number of benzene rings is 2. The summed E-state index contributed by atoms with van der Waals surface area (Å²) in [4.78, 5) is 20.2. The van der Waals surface area contributed by atoms with Crippen molar-refractivity contribution in [3.05, 3.63) is 82.0 Å². The highest BCUT2D eigenvalue weighted by Crippen LogP contribution is 2.39. The molecule has 5 nitrogen and oxygen atoms in total. The van der Waals surface area contributed by atoms with Crippen LogP contribution in [0.25, 0.3) is 0 Å². The second-order valence-electron chi connectivity index (χ2n) is 7.52. The van der Waals surface area contributed by atoms with Gasteiger partial charge in [0.15, 0.2) is 5.82 Å². The van der Waals surface area contributed by atoms with Gasteiger partial charge in [0, 0.05) is 18.8 Å². The molecule has 0 fully saturated rings. The molecule has 0 bridgehead atoms. The fourth-order valence-corrected chi connectivity index (χ4v) is 4.25. The highest BCUT2D eigenvalue weighted by atomic mass is 35.5. The van der Waals surface area contributed by atoms with Gasteiger partial charge in [-0.05, 0) is 37.1 Å². The van der Waals surface area contributed by atoms with E-state index in [9.17, 15) is 4.79 Å². The zero-order chi connectivity index (χ0) is 21.4. The molecule has 30 heavy (non-hydrogen) atoms. The van der Waals surface area contributed by atoms with Crippen LogP contribution < -0.4 is 0 Å². The number of halogens is 2. The third kappa shape index (κ3) is 3.64. The van der Waals surface area contributed by atoms with Gasteiger partial charge in [-0.25, -0.2) is 9.67 Å². The van der Waals surface area contributed by atoms with Gasteiger partial charge in [-0.3, -0.25) is 4.79 Å². The highest BCUT2D eigenvalue weighted by Gasteiger charge is 2.40. The van der Waals surface area contributed by atoms with Crippen molar-refractivity contribution in [2.45, 2.75) is 25.9 Å². The SMILES string of the molecule is CC1=Nc2ccnn2C(c2ccc(Cl)c(Cl)c2)C1C(=O)N(C)[C@H](C)c1ccccc1. The van der Waals surface area contributed by atoms with Gasteiger partial charge < -0.3 is 4.90 Å². The first-order chi connectivity index (χ1) is 14.4. The Kier molecular flexibility index (Phi) is 5.67. The highest BCUT2D eigenvalue weighted by molar-refractivity contribution is 6.42. The van der Waals surface area contributed by atoms with Crippen LogP contribution in [-0.2, 0) is 4.79 Å². The molecule has 0 aliphatic carbocycles. The van der Waals surface area contributed by atoms with E-state index in [0.29, 0.717) is 15.9 Å². The van der Waals surface area contributed by atoms with Crippen LogP contribution in [0.5, 0.6) is 0 Å². The van der Waals surface area contributed by atoms with Gasteiger partial charge in [-0.2, -0.15) is 5.10 Å². The molecule has 1 amide bonds. The van der Waals surface area contributed by atoms with E-state index < -0.39 is 5.92 Å². The Hall–Kier alpha value is -2.63. The molecule has 3 aromatic rings. The lowest BCUT2D eigenvalue weighted by Gasteiger charge is -2.36. The first kappa shape index (κ1) is 20.6. The van der Waals surface area contributed by atoms with E-state index in [1.807, 2.05) is 63.4 Å². The standard InChI is InChI=1S/C23H22Cl2N4O/c1-14-21(23(30)28(3)15(2)16-7-5-4-6-8-16)22(29-20(27-14)11-12-26-29)17-9-10-18(24)19(25)13-17/h4-13,15,21-22H,1-3H3/t15-,21?,22?/m1/s1. The summed E-state index contributed by atoms with van der Waals surface area (Å²) in [6, 6.07) is 16.8. The quantitative estimate of drug-likeness (QED) is 0.520. The van der Waals surface area contributed by atoms with Crippen molar-refractivity contribution < 1.29 is 4.79 Å². The van der Waals surface area contributed by atoms with Gasteiger partial charge >= 0.3 is 0 Å². The second-order valence-corrected chi connectivity index (χ2v) is 8.33. The van der Waals surface area contributed by atoms with Crippen molar-refractivity contribution in [3.63, 3.8) is 0 Å². The van der Waals surface area contributed by atoms with Crippen molar-refractivity contribution in [1.82, 2.24) is 14.7 Å². The van der Waals surface area contributed by atoms with Crippen molar-refractivity contribution in [2.24, 2.45) is 10.9 Å². The lowest BCUT2D eigenvalue weighted by molar-refractivity contribution is -0.135. The number of carbonyl (C=O) groups is 1. The number of amides is 1. The van der Waals surface area contributed by atoms with Gasteiger partial charge in [-0.1, -0.05) is 59.6 Å². The van der Waals surface area contributed by atoms with E-state index in [4.69, 9.17) is 23.2 Å². The zero-order valence-electron chi connectivity index (χ0n) is 17.0. The zero-order valence-corrected chi connectivity index (χ0v) is 18.5. The summed E-state index contributed by atoms with van der Waals surface area (Å²) >= 11 is 12.4. The molecule has 1 aromatic heterocycles. The summed E-state index contributed by atoms with van der Waals surface area (Å²) in [6.07, 6.45) is 1.69. The minimum Gasteiger partial charge on any atom is -0.338 e. The maximum absolute atomic E-state index is 13.7. The van der Waals surface area contributed by atoms with Gasteiger partial charge in [0.05, 0.1) is 28.3 Å². The van der Waals surface area contributed by atoms with Crippen molar-refractivity contribution in [1.29, 1.82) is 0 Å². The maximum atomic E-state index is 13.7.